The molecule has 2 amide bonds. The Bertz CT molecular complexity index is 1130. The highest BCUT2D eigenvalue weighted by molar-refractivity contribution is 6.05. The van der Waals surface area contributed by atoms with Gasteiger partial charge in [0.25, 0.3) is 5.91 Å². The van der Waals surface area contributed by atoms with Gasteiger partial charge in [-0.15, -0.1) is 0 Å². The fraction of sp³-hybridized carbons (Fsp3) is 0.348. The van der Waals surface area contributed by atoms with Crippen molar-refractivity contribution in [2.45, 2.75) is 46.2 Å². The average Bonchev–Trinajstić information content (AvgIpc) is 3.43. The molecular weight excluding hydrogens is 394 g/mol. The number of hydrogen-bond donors (Lipinski definition) is 2. The minimum Gasteiger partial charge on any atom is -0.368 e. The van der Waals surface area contributed by atoms with Crippen LogP contribution in [0.4, 0.5) is 5.69 Å². The van der Waals surface area contributed by atoms with Gasteiger partial charge < -0.3 is 15.6 Å². The Morgan fingerprint density at radius 1 is 1.23 bits per heavy atom. The molecule has 1 saturated heterocycles. The highest BCUT2D eigenvalue weighted by Gasteiger charge is 2.29. The number of likely N-dealkylation sites (tertiary alicyclic amines) is 1. The summed E-state index contributed by atoms with van der Waals surface area (Å²) in [5, 5.41) is 7.11. The smallest absolute Gasteiger partial charge is 0.257 e. The minimum atomic E-state index is -0.297. The van der Waals surface area contributed by atoms with Gasteiger partial charge in [-0.2, -0.15) is 0 Å². The lowest BCUT2D eigenvalue weighted by atomic mass is 10.1. The molecule has 3 heterocycles. The molecule has 0 spiro atoms. The molecule has 1 aliphatic heterocycles. The van der Waals surface area contributed by atoms with Crippen LogP contribution in [0, 0.1) is 20.8 Å². The van der Waals surface area contributed by atoms with Crippen molar-refractivity contribution < 1.29 is 14.1 Å². The standard InChI is InChI=1S/C23H27N5O3/c1-14-11-18(16(3)28(14)21-12-15(2)31-26-21)23(30)25-19-8-5-4-7-17(19)13-27-10-6-9-20(27)22(24)29/h4-5,7-8,11-12,20H,6,9-10,13H2,1-3H3,(H2,24,29)(H,25,30). The molecule has 0 radical (unpaired) electrons. The third-order valence-corrected chi connectivity index (χ3v) is 5.85. The zero-order valence-electron chi connectivity index (χ0n) is 18.0. The van der Waals surface area contributed by atoms with Crippen LogP contribution < -0.4 is 11.1 Å². The topological polar surface area (TPSA) is 106 Å². The van der Waals surface area contributed by atoms with Gasteiger partial charge in [0, 0.05) is 29.7 Å². The van der Waals surface area contributed by atoms with E-state index in [0.717, 1.165) is 42.0 Å². The molecule has 1 fully saturated rings. The van der Waals surface area contributed by atoms with Crippen LogP contribution in [-0.2, 0) is 11.3 Å². The molecule has 3 N–H and O–H groups in total. The fourth-order valence-corrected chi connectivity index (χ4v) is 4.33. The van der Waals surface area contributed by atoms with Gasteiger partial charge in [0.15, 0.2) is 5.82 Å². The molecule has 1 atom stereocenters. The number of aromatic nitrogens is 2. The second kappa shape index (κ2) is 8.39. The van der Waals surface area contributed by atoms with Crippen molar-refractivity contribution in [2.75, 3.05) is 11.9 Å². The molecule has 1 aliphatic rings. The van der Waals surface area contributed by atoms with E-state index in [4.69, 9.17) is 10.3 Å². The predicted molar refractivity (Wildman–Crippen MR) is 117 cm³/mol. The van der Waals surface area contributed by atoms with Gasteiger partial charge in [-0.25, -0.2) is 0 Å². The number of carbonyl (C=O) groups is 2. The largest absolute Gasteiger partial charge is 0.368 e. The number of aryl methyl sites for hydroxylation is 2. The molecule has 1 aromatic carbocycles. The highest BCUT2D eigenvalue weighted by Crippen LogP contribution is 2.26. The Morgan fingerprint density at radius 2 is 2.00 bits per heavy atom. The summed E-state index contributed by atoms with van der Waals surface area (Å²) in [5.41, 5.74) is 9.48. The molecule has 4 rings (SSSR count). The van der Waals surface area contributed by atoms with E-state index in [1.807, 2.05) is 61.7 Å². The number of primary amides is 1. The lowest BCUT2D eigenvalue weighted by molar-refractivity contribution is -0.122. The summed E-state index contributed by atoms with van der Waals surface area (Å²) in [6.45, 7) is 7.02. The zero-order valence-corrected chi connectivity index (χ0v) is 18.0. The van der Waals surface area contributed by atoms with Crippen molar-refractivity contribution in [3.8, 4) is 5.82 Å². The van der Waals surface area contributed by atoms with Gasteiger partial charge in [0.05, 0.1) is 11.6 Å². The van der Waals surface area contributed by atoms with Crippen molar-refractivity contribution in [1.29, 1.82) is 0 Å². The molecule has 3 aromatic rings. The first-order valence-electron chi connectivity index (χ1n) is 10.4. The maximum Gasteiger partial charge on any atom is 0.257 e. The minimum absolute atomic E-state index is 0.195. The van der Waals surface area contributed by atoms with Gasteiger partial charge in [0.2, 0.25) is 5.91 Å². The maximum atomic E-state index is 13.1. The van der Waals surface area contributed by atoms with E-state index >= 15 is 0 Å². The van der Waals surface area contributed by atoms with Crippen LogP contribution in [0.3, 0.4) is 0 Å². The number of nitrogens with one attached hydrogen (secondary N) is 1. The van der Waals surface area contributed by atoms with Crippen molar-refractivity contribution in [3.63, 3.8) is 0 Å². The Kier molecular flexibility index (Phi) is 5.65. The second-order valence-electron chi connectivity index (χ2n) is 8.06. The zero-order chi connectivity index (χ0) is 22.1. The number of rotatable bonds is 6. The second-order valence-corrected chi connectivity index (χ2v) is 8.06. The number of para-hydroxylation sites is 1. The van der Waals surface area contributed by atoms with Crippen molar-refractivity contribution >= 4 is 17.5 Å². The van der Waals surface area contributed by atoms with E-state index in [2.05, 4.69) is 15.4 Å². The van der Waals surface area contributed by atoms with E-state index in [9.17, 15) is 9.59 Å². The average molecular weight is 422 g/mol. The Balaban J connectivity index is 1.57. The lowest BCUT2D eigenvalue weighted by Gasteiger charge is -2.23. The van der Waals surface area contributed by atoms with Crippen LogP contribution in [0.5, 0.6) is 0 Å². The van der Waals surface area contributed by atoms with E-state index in [0.29, 0.717) is 23.7 Å². The molecule has 8 heteroatoms. The maximum absolute atomic E-state index is 13.1. The number of nitrogens with zero attached hydrogens (tertiary/aromatic N) is 3. The first-order chi connectivity index (χ1) is 14.8. The third kappa shape index (κ3) is 4.11. The van der Waals surface area contributed by atoms with E-state index < -0.39 is 0 Å². The van der Waals surface area contributed by atoms with Gasteiger partial charge in [-0.3, -0.25) is 19.1 Å². The summed E-state index contributed by atoms with van der Waals surface area (Å²) >= 11 is 0. The Morgan fingerprint density at radius 3 is 2.71 bits per heavy atom. The van der Waals surface area contributed by atoms with E-state index in [1.54, 1.807) is 0 Å². The van der Waals surface area contributed by atoms with Crippen molar-refractivity contribution in [3.05, 3.63) is 64.7 Å². The molecule has 2 aromatic heterocycles. The van der Waals surface area contributed by atoms with Crippen LogP contribution in [-0.4, -0.2) is 39.0 Å². The number of benzene rings is 1. The number of carbonyl (C=O) groups excluding carboxylic acids is 2. The van der Waals surface area contributed by atoms with E-state index in [1.165, 1.54) is 0 Å². The summed E-state index contributed by atoms with van der Waals surface area (Å²) in [6, 6.07) is 11.1. The molecule has 0 saturated carbocycles. The number of amides is 2. The van der Waals surface area contributed by atoms with Gasteiger partial charge in [-0.05, 0) is 57.9 Å². The predicted octanol–water partition coefficient (Wildman–Crippen LogP) is 3.09. The van der Waals surface area contributed by atoms with Crippen molar-refractivity contribution in [1.82, 2.24) is 14.6 Å². The number of anilines is 1. The molecule has 162 valence electrons. The number of hydrogen-bond acceptors (Lipinski definition) is 5. The fourth-order valence-electron chi connectivity index (χ4n) is 4.33. The summed E-state index contributed by atoms with van der Waals surface area (Å²) in [7, 11) is 0. The van der Waals surface area contributed by atoms with Gasteiger partial charge in [-0.1, -0.05) is 23.4 Å². The molecule has 8 nitrogen and oxygen atoms in total. The molecule has 1 unspecified atom stereocenters. The first-order valence-corrected chi connectivity index (χ1v) is 10.4. The van der Waals surface area contributed by atoms with Crippen LogP contribution >= 0.6 is 0 Å². The summed E-state index contributed by atoms with van der Waals surface area (Å²) in [6.07, 6.45) is 1.72. The Labute approximate surface area is 181 Å². The van der Waals surface area contributed by atoms with Gasteiger partial charge in [0.1, 0.15) is 5.76 Å². The summed E-state index contributed by atoms with van der Waals surface area (Å²) in [5.74, 6) is 0.867. The summed E-state index contributed by atoms with van der Waals surface area (Å²) < 4.78 is 7.09. The normalized spacial score (nSPS) is 16.5. The van der Waals surface area contributed by atoms with Crippen LogP contribution in [0.25, 0.3) is 5.82 Å². The quantitative estimate of drug-likeness (QED) is 0.636. The van der Waals surface area contributed by atoms with Crippen LogP contribution in [0.1, 0.15) is 45.9 Å². The van der Waals surface area contributed by atoms with Gasteiger partial charge >= 0.3 is 0 Å². The lowest BCUT2D eigenvalue weighted by Crippen LogP contribution is -2.39. The molecule has 0 aliphatic carbocycles. The van der Waals surface area contributed by atoms with E-state index in [-0.39, 0.29) is 17.9 Å². The Hall–Kier alpha value is -3.39. The van der Waals surface area contributed by atoms with Crippen molar-refractivity contribution in [2.24, 2.45) is 5.73 Å². The van der Waals surface area contributed by atoms with Crippen LogP contribution in [0.15, 0.2) is 40.9 Å². The molecule has 0 bridgehead atoms. The SMILES string of the molecule is Cc1cc(-n2c(C)cc(C(=O)Nc3ccccc3CN3CCCC3C(N)=O)c2C)no1. The first kappa shape index (κ1) is 20.9. The summed E-state index contributed by atoms with van der Waals surface area (Å²) in [4.78, 5) is 27.0. The third-order valence-electron chi connectivity index (χ3n) is 5.85. The molecule has 31 heavy (non-hydrogen) atoms. The molecular formula is C23H27N5O3. The highest BCUT2D eigenvalue weighted by atomic mass is 16.5. The van der Waals surface area contributed by atoms with Crippen LogP contribution in [0.2, 0.25) is 0 Å². The number of nitrogens with two attached hydrogens (primary N) is 1. The monoisotopic (exact) mass is 421 g/mol.